The van der Waals surface area contributed by atoms with E-state index < -0.39 is 35.3 Å². The van der Waals surface area contributed by atoms with Gasteiger partial charge in [-0.2, -0.15) is 0 Å². The van der Waals surface area contributed by atoms with Crippen LogP contribution in [-0.2, 0) is 15.6 Å². The molecule has 0 fully saturated rings. The summed E-state index contributed by atoms with van der Waals surface area (Å²) in [6, 6.07) is 5.71. The molecular weight excluding hydrogens is 304 g/mol. The highest BCUT2D eigenvalue weighted by molar-refractivity contribution is 7.89. The predicted octanol–water partition coefficient (Wildman–Crippen LogP) is 0.931. The van der Waals surface area contributed by atoms with E-state index in [0.29, 0.717) is 5.56 Å². The Morgan fingerprint density at radius 3 is 2.29 bits per heavy atom. The van der Waals surface area contributed by atoms with E-state index in [2.05, 4.69) is 0 Å². The Balaban J connectivity index is 2.86. The van der Waals surface area contributed by atoms with Crippen LogP contribution in [0.15, 0.2) is 24.3 Å². The van der Waals surface area contributed by atoms with Crippen molar-refractivity contribution >= 4 is 15.7 Å². The molecule has 0 aliphatic rings. The van der Waals surface area contributed by atoms with Crippen LogP contribution in [0.25, 0.3) is 0 Å². The Labute approximate surface area is 122 Å². The van der Waals surface area contributed by atoms with Crippen LogP contribution in [0.3, 0.4) is 0 Å². The fourth-order valence-corrected chi connectivity index (χ4v) is 2.59. The molecule has 1 aromatic carbocycles. The summed E-state index contributed by atoms with van der Waals surface area (Å²) in [6.45, 7) is -1.36. The van der Waals surface area contributed by atoms with E-state index in [0.717, 1.165) is 11.2 Å². The molecule has 0 aromatic heterocycles. The van der Waals surface area contributed by atoms with E-state index in [4.69, 9.17) is 5.11 Å². The molecule has 8 heteroatoms. The van der Waals surface area contributed by atoms with E-state index in [1.165, 1.54) is 24.3 Å². The summed E-state index contributed by atoms with van der Waals surface area (Å²) < 4.78 is 47.1. The first-order chi connectivity index (χ1) is 9.73. The van der Waals surface area contributed by atoms with Gasteiger partial charge in [-0.15, -0.1) is 0 Å². The molecule has 1 aromatic rings. The molecule has 0 bridgehead atoms. The third-order valence-electron chi connectivity index (χ3n) is 2.65. The second-order valence-corrected chi connectivity index (χ2v) is 6.77. The summed E-state index contributed by atoms with van der Waals surface area (Å²) in [6.07, 6.45) is -1.59. The minimum absolute atomic E-state index is 0.154. The normalized spacial score (nSPS) is 11.7. The summed E-state index contributed by atoms with van der Waals surface area (Å²) in [5.41, 5.74) is 0.679. The highest BCUT2D eigenvalue weighted by atomic mass is 32.2. The molecule has 0 saturated carbocycles. The van der Waals surface area contributed by atoms with Crippen LogP contribution < -0.4 is 0 Å². The lowest BCUT2D eigenvalue weighted by atomic mass is 10.1. The molecule has 118 valence electrons. The number of carbonyl (C=O) groups is 1. The van der Waals surface area contributed by atoms with E-state index in [-0.39, 0.29) is 17.9 Å². The first kappa shape index (κ1) is 17.5. The second kappa shape index (κ2) is 7.46. The third kappa shape index (κ3) is 6.17. The zero-order valence-corrected chi connectivity index (χ0v) is 12.3. The Morgan fingerprint density at radius 2 is 1.86 bits per heavy atom. The minimum Gasteiger partial charge on any atom is -0.395 e. The molecule has 0 aliphatic heterocycles. The topological polar surface area (TPSA) is 74.7 Å². The summed E-state index contributed by atoms with van der Waals surface area (Å²) in [4.78, 5) is 12.9. The average molecular weight is 321 g/mol. The van der Waals surface area contributed by atoms with Gasteiger partial charge in [-0.05, 0) is 17.7 Å². The molecule has 21 heavy (non-hydrogen) atoms. The number of benzene rings is 1. The van der Waals surface area contributed by atoms with Gasteiger partial charge in [-0.3, -0.25) is 4.79 Å². The number of sulfone groups is 1. The van der Waals surface area contributed by atoms with Crippen molar-refractivity contribution in [3.05, 3.63) is 35.4 Å². The van der Waals surface area contributed by atoms with Crippen molar-refractivity contribution in [1.29, 1.82) is 0 Å². The van der Waals surface area contributed by atoms with Gasteiger partial charge in [0.2, 0.25) is 0 Å². The van der Waals surface area contributed by atoms with E-state index in [1.54, 1.807) is 0 Å². The minimum atomic E-state index is -3.18. The lowest BCUT2D eigenvalue weighted by Crippen LogP contribution is -2.37. The van der Waals surface area contributed by atoms with E-state index in [1.807, 2.05) is 0 Å². The highest BCUT2D eigenvalue weighted by Gasteiger charge is 2.19. The van der Waals surface area contributed by atoms with Crippen LogP contribution in [0.1, 0.15) is 15.9 Å². The molecule has 0 heterocycles. The summed E-state index contributed by atoms with van der Waals surface area (Å²) in [7, 11) is -3.18. The number of hydrogen-bond acceptors (Lipinski definition) is 4. The molecule has 1 N–H and O–H groups in total. The summed E-state index contributed by atoms with van der Waals surface area (Å²) >= 11 is 0. The van der Waals surface area contributed by atoms with Gasteiger partial charge < -0.3 is 10.0 Å². The van der Waals surface area contributed by atoms with Crippen LogP contribution in [-0.4, -0.2) is 56.7 Å². The number of aliphatic hydroxyl groups excluding tert-OH is 1. The van der Waals surface area contributed by atoms with Crippen molar-refractivity contribution in [1.82, 2.24) is 4.90 Å². The standard InChI is InChI=1S/C13H17F2NO4S/c1-21(19,20)9-10-2-4-11(5-3-10)13(18)16(6-7-17)8-12(14)15/h2-5,12,17H,6-9H2,1H3. The molecular formula is C13H17F2NO4S. The first-order valence-electron chi connectivity index (χ1n) is 6.18. The van der Waals surface area contributed by atoms with Gasteiger partial charge in [0.1, 0.15) is 0 Å². The first-order valence-corrected chi connectivity index (χ1v) is 8.24. The fraction of sp³-hybridized carbons (Fsp3) is 0.462. The van der Waals surface area contributed by atoms with Crippen molar-refractivity contribution in [2.45, 2.75) is 12.2 Å². The number of rotatable bonds is 7. The van der Waals surface area contributed by atoms with E-state index >= 15 is 0 Å². The molecule has 0 spiro atoms. The van der Waals surface area contributed by atoms with Crippen LogP contribution in [0.2, 0.25) is 0 Å². The Morgan fingerprint density at radius 1 is 1.29 bits per heavy atom. The van der Waals surface area contributed by atoms with E-state index in [9.17, 15) is 22.0 Å². The van der Waals surface area contributed by atoms with Gasteiger partial charge in [0.25, 0.3) is 12.3 Å². The Kier molecular flexibility index (Phi) is 6.22. The monoisotopic (exact) mass is 321 g/mol. The zero-order valence-electron chi connectivity index (χ0n) is 11.5. The fourth-order valence-electron chi connectivity index (χ4n) is 1.79. The van der Waals surface area contributed by atoms with Crippen LogP contribution in [0.4, 0.5) is 8.78 Å². The quantitative estimate of drug-likeness (QED) is 0.811. The third-order valence-corrected chi connectivity index (χ3v) is 3.50. The van der Waals surface area contributed by atoms with Crippen LogP contribution in [0.5, 0.6) is 0 Å². The molecule has 0 radical (unpaired) electrons. The van der Waals surface area contributed by atoms with Gasteiger partial charge in [-0.25, -0.2) is 17.2 Å². The summed E-state index contributed by atoms with van der Waals surface area (Å²) in [5, 5.41) is 8.81. The van der Waals surface area contributed by atoms with Crippen molar-refractivity contribution in [2.24, 2.45) is 0 Å². The molecule has 0 atom stereocenters. The van der Waals surface area contributed by atoms with Crippen LogP contribution in [0, 0.1) is 0 Å². The predicted molar refractivity (Wildman–Crippen MR) is 74.0 cm³/mol. The number of aliphatic hydroxyl groups is 1. The second-order valence-electron chi connectivity index (χ2n) is 4.63. The molecule has 5 nitrogen and oxygen atoms in total. The van der Waals surface area contributed by atoms with Gasteiger partial charge >= 0.3 is 0 Å². The Hall–Kier alpha value is -1.54. The summed E-state index contributed by atoms with van der Waals surface area (Å²) in [5.74, 6) is -0.783. The van der Waals surface area contributed by atoms with Crippen molar-refractivity contribution in [3.63, 3.8) is 0 Å². The lowest BCUT2D eigenvalue weighted by molar-refractivity contribution is 0.0509. The maximum absolute atomic E-state index is 12.4. The number of nitrogens with zero attached hydrogens (tertiary/aromatic N) is 1. The van der Waals surface area contributed by atoms with Crippen LogP contribution >= 0.6 is 0 Å². The van der Waals surface area contributed by atoms with Gasteiger partial charge in [0.05, 0.1) is 18.9 Å². The molecule has 1 amide bonds. The lowest BCUT2D eigenvalue weighted by Gasteiger charge is -2.21. The molecule has 0 saturated heterocycles. The highest BCUT2D eigenvalue weighted by Crippen LogP contribution is 2.11. The van der Waals surface area contributed by atoms with Crippen molar-refractivity contribution in [2.75, 3.05) is 26.0 Å². The van der Waals surface area contributed by atoms with Gasteiger partial charge in [0.15, 0.2) is 9.84 Å². The Bertz CT molecular complexity index is 572. The molecule has 0 unspecified atom stereocenters. The largest absolute Gasteiger partial charge is 0.395 e. The maximum atomic E-state index is 12.4. The zero-order chi connectivity index (χ0) is 16.0. The maximum Gasteiger partial charge on any atom is 0.255 e. The number of halogens is 2. The van der Waals surface area contributed by atoms with Gasteiger partial charge in [0, 0.05) is 18.4 Å². The van der Waals surface area contributed by atoms with Crippen molar-refractivity contribution in [3.8, 4) is 0 Å². The van der Waals surface area contributed by atoms with Crippen molar-refractivity contribution < 1.29 is 27.1 Å². The SMILES string of the molecule is CS(=O)(=O)Cc1ccc(C(=O)N(CCO)CC(F)F)cc1. The number of carbonyl (C=O) groups excluding carboxylic acids is 1. The number of amides is 1. The number of hydrogen-bond donors (Lipinski definition) is 1. The smallest absolute Gasteiger partial charge is 0.255 e. The molecule has 1 rings (SSSR count). The molecule has 0 aliphatic carbocycles. The average Bonchev–Trinajstić information content (AvgIpc) is 2.36. The van der Waals surface area contributed by atoms with Gasteiger partial charge in [-0.1, -0.05) is 12.1 Å². The number of alkyl halides is 2.